The van der Waals surface area contributed by atoms with Gasteiger partial charge in [-0.05, 0) is 24.3 Å². The van der Waals surface area contributed by atoms with E-state index in [0.717, 1.165) is 4.90 Å². The average molecular weight is 270 g/mol. The summed E-state index contributed by atoms with van der Waals surface area (Å²) in [5.41, 5.74) is 0.166. The molecule has 0 atom stereocenters. The van der Waals surface area contributed by atoms with E-state index in [0.29, 0.717) is 5.65 Å². The molecule has 3 aromatic rings. The number of rotatable bonds is 2. The maximum atomic E-state index is 12.3. The molecule has 0 unspecified atom stereocenters. The summed E-state index contributed by atoms with van der Waals surface area (Å²) in [5.74, 6) is -0.231. The minimum atomic E-state index is -0.267. The van der Waals surface area contributed by atoms with E-state index in [2.05, 4.69) is 4.98 Å². The third kappa shape index (κ3) is 2.20. The Morgan fingerprint density at radius 1 is 1.05 bits per heavy atom. The molecule has 0 aliphatic heterocycles. The number of nitrogens with zero attached hydrogens (tertiary/aromatic N) is 2. The second-order valence-corrected chi connectivity index (χ2v) is 5.00. The smallest absolute Gasteiger partial charge is 0.275 e. The van der Waals surface area contributed by atoms with Crippen molar-refractivity contribution in [1.29, 1.82) is 0 Å². The highest BCUT2D eigenvalue weighted by Crippen LogP contribution is 2.30. The second kappa shape index (κ2) is 4.78. The van der Waals surface area contributed by atoms with Gasteiger partial charge in [0.2, 0.25) is 5.88 Å². The fraction of sp³-hybridized carbons (Fsp3) is 0. The number of fused-ring (bicyclic) bond motifs is 1. The standard InChI is InChI=1S/C14H10N2O2S/c17-13-12(19-10-6-2-1-3-7-10)14(18)16-9-5-4-8-11(16)15-13/h1-9,17H. The lowest BCUT2D eigenvalue weighted by molar-refractivity contribution is 0.437. The molecule has 0 saturated heterocycles. The molecule has 3 rings (SSSR count). The van der Waals surface area contributed by atoms with Crippen LogP contribution < -0.4 is 5.56 Å². The molecule has 94 valence electrons. The van der Waals surface area contributed by atoms with Crippen molar-refractivity contribution in [2.75, 3.05) is 0 Å². The van der Waals surface area contributed by atoms with Crippen molar-refractivity contribution in [1.82, 2.24) is 9.38 Å². The molecule has 2 aromatic heterocycles. The van der Waals surface area contributed by atoms with Gasteiger partial charge in [0.25, 0.3) is 5.56 Å². The Balaban J connectivity index is 2.16. The van der Waals surface area contributed by atoms with Crippen LogP contribution in [-0.4, -0.2) is 14.5 Å². The van der Waals surface area contributed by atoms with E-state index in [9.17, 15) is 9.90 Å². The largest absolute Gasteiger partial charge is 0.492 e. The zero-order valence-corrected chi connectivity index (χ0v) is 10.7. The maximum absolute atomic E-state index is 12.3. The van der Waals surface area contributed by atoms with Crippen molar-refractivity contribution in [3.05, 3.63) is 65.1 Å². The van der Waals surface area contributed by atoms with Crippen LogP contribution in [0.4, 0.5) is 0 Å². The zero-order chi connectivity index (χ0) is 13.2. The van der Waals surface area contributed by atoms with Crippen LogP contribution in [0.25, 0.3) is 5.65 Å². The fourth-order valence-electron chi connectivity index (χ4n) is 1.76. The van der Waals surface area contributed by atoms with Crippen molar-refractivity contribution < 1.29 is 5.11 Å². The summed E-state index contributed by atoms with van der Waals surface area (Å²) in [7, 11) is 0. The van der Waals surface area contributed by atoms with E-state index in [1.165, 1.54) is 16.2 Å². The molecular formula is C14H10N2O2S. The molecular weight excluding hydrogens is 260 g/mol. The molecule has 4 nitrogen and oxygen atoms in total. The van der Waals surface area contributed by atoms with E-state index in [1.54, 1.807) is 24.4 Å². The van der Waals surface area contributed by atoms with E-state index in [1.807, 2.05) is 30.3 Å². The first kappa shape index (κ1) is 11.8. The van der Waals surface area contributed by atoms with Crippen molar-refractivity contribution in [3.8, 4) is 5.88 Å². The lowest BCUT2D eigenvalue weighted by Gasteiger charge is -2.05. The molecule has 0 bridgehead atoms. The average Bonchev–Trinajstić information content (AvgIpc) is 2.45. The molecule has 0 spiro atoms. The van der Waals surface area contributed by atoms with Gasteiger partial charge >= 0.3 is 0 Å². The molecule has 5 heteroatoms. The van der Waals surface area contributed by atoms with Gasteiger partial charge in [-0.2, -0.15) is 4.98 Å². The number of aromatic hydroxyl groups is 1. The Hall–Kier alpha value is -2.27. The first-order chi connectivity index (χ1) is 9.25. The van der Waals surface area contributed by atoms with E-state index in [4.69, 9.17) is 0 Å². The van der Waals surface area contributed by atoms with Gasteiger partial charge in [0.15, 0.2) is 0 Å². The van der Waals surface area contributed by atoms with Gasteiger partial charge < -0.3 is 5.11 Å². The van der Waals surface area contributed by atoms with Gasteiger partial charge in [-0.15, -0.1) is 0 Å². The van der Waals surface area contributed by atoms with Gasteiger partial charge in [-0.25, -0.2) is 0 Å². The minimum Gasteiger partial charge on any atom is -0.492 e. The molecule has 1 aromatic carbocycles. The fourth-order valence-corrected chi connectivity index (χ4v) is 2.61. The zero-order valence-electron chi connectivity index (χ0n) is 9.85. The first-order valence-corrected chi connectivity index (χ1v) is 6.50. The van der Waals surface area contributed by atoms with Gasteiger partial charge in [-0.1, -0.05) is 36.0 Å². The van der Waals surface area contributed by atoms with Crippen molar-refractivity contribution in [2.24, 2.45) is 0 Å². The van der Waals surface area contributed by atoms with Crippen molar-refractivity contribution in [3.63, 3.8) is 0 Å². The van der Waals surface area contributed by atoms with Crippen LogP contribution in [0.1, 0.15) is 0 Å². The lowest BCUT2D eigenvalue weighted by Crippen LogP contribution is -2.16. The molecule has 0 fully saturated rings. The number of aromatic nitrogens is 2. The predicted molar refractivity (Wildman–Crippen MR) is 73.7 cm³/mol. The van der Waals surface area contributed by atoms with Gasteiger partial charge in [-0.3, -0.25) is 9.20 Å². The van der Waals surface area contributed by atoms with E-state index >= 15 is 0 Å². The highest BCUT2D eigenvalue weighted by Gasteiger charge is 2.12. The monoisotopic (exact) mass is 270 g/mol. The first-order valence-electron chi connectivity index (χ1n) is 5.69. The summed E-state index contributed by atoms with van der Waals surface area (Å²) < 4.78 is 1.42. The normalized spacial score (nSPS) is 10.7. The van der Waals surface area contributed by atoms with Crippen LogP contribution in [0.5, 0.6) is 5.88 Å². The summed E-state index contributed by atoms with van der Waals surface area (Å²) in [5, 5.41) is 9.91. The minimum absolute atomic E-state index is 0.231. The quantitative estimate of drug-likeness (QED) is 0.777. The number of hydrogen-bond acceptors (Lipinski definition) is 4. The van der Waals surface area contributed by atoms with Crippen LogP contribution >= 0.6 is 11.8 Å². The van der Waals surface area contributed by atoms with Crippen molar-refractivity contribution >= 4 is 17.4 Å². The lowest BCUT2D eigenvalue weighted by atomic mass is 10.4. The molecule has 0 radical (unpaired) electrons. The molecule has 0 amide bonds. The van der Waals surface area contributed by atoms with E-state index < -0.39 is 0 Å². The highest BCUT2D eigenvalue weighted by molar-refractivity contribution is 7.99. The molecule has 0 aliphatic carbocycles. The Labute approximate surface area is 113 Å². The molecule has 0 aliphatic rings. The summed E-state index contributed by atoms with van der Waals surface area (Å²) >= 11 is 1.21. The Kier molecular flexibility index (Phi) is 2.97. The third-order valence-corrected chi connectivity index (χ3v) is 3.71. The van der Waals surface area contributed by atoms with Crippen LogP contribution in [0, 0.1) is 0 Å². The Morgan fingerprint density at radius 3 is 2.58 bits per heavy atom. The summed E-state index contributed by atoms with van der Waals surface area (Å²) in [4.78, 5) is 17.4. The maximum Gasteiger partial charge on any atom is 0.275 e. The van der Waals surface area contributed by atoms with E-state index in [-0.39, 0.29) is 16.3 Å². The third-order valence-electron chi connectivity index (χ3n) is 2.64. The number of pyridine rings is 1. The van der Waals surface area contributed by atoms with Crippen LogP contribution in [0.15, 0.2) is 69.3 Å². The Morgan fingerprint density at radius 2 is 1.79 bits per heavy atom. The van der Waals surface area contributed by atoms with Crippen LogP contribution in [0.2, 0.25) is 0 Å². The van der Waals surface area contributed by atoms with Gasteiger partial charge in [0.05, 0.1) is 0 Å². The topological polar surface area (TPSA) is 54.6 Å². The molecule has 0 saturated carbocycles. The molecule has 2 heterocycles. The second-order valence-electron chi connectivity index (χ2n) is 3.91. The molecule has 1 N–H and O–H groups in total. The Bertz CT molecular complexity index is 784. The van der Waals surface area contributed by atoms with Gasteiger partial charge in [0, 0.05) is 11.1 Å². The summed E-state index contributed by atoms with van der Waals surface area (Å²) in [6.45, 7) is 0. The van der Waals surface area contributed by atoms with Crippen LogP contribution in [-0.2, 0) is 0 Å². The van der Waals surface area contributed by atoms with Crippen molar-refractivity contribution in [2.45, 2.75) is 9.79 Å². The summed E-state index contributed by atoms with van der Waals surface area (Å²) in [6, 6.07) is 14.6. The van der Waals surface area contributed by atoms with Gasteiger partial charge in [0.1, 0.15) is 10.5 Å². The SMILES string of the molecule is O=c1c(Sc2ccccc2)c(O)nc2ccccn12. The summed E-state index contributed by atoms with van der Waals surface area (Å²) in [6.07, 6.45) is 1.64. The predicted octanol–water partition coefficient (Wildman–Crippen LogP) is 2.55. The van der Waals surface area contributed by atoms with Crippen LogP contribution in [0.3, 0.4) is 0 Å². The number of benzene rings is 1. The number of hydrogen-bond donors (Lipinski definition) is 1. The molecule has 19 heavy (non-hydrogen) atoms. The highest BCUT2D eigenvalue weighted by atomic mass is 32.2.